The second kappa shape index (κ2) is 8.20. The van der Waals surface area contributed by atoms with Crippen LogP contribution in [0.3, 0.4) is 0 Å². The summed E-state index contributed by atoms with van der Waals surface area (Å²) < 4.78 is 28.8. The molecule has 27 heavy (non-hydrogen) atoms. The number of rotatable bonds is 7. The van der Waals surface area contributed by atoms with Gasteiger partial charge in [0, 0.05) is 25.3 Å². The van der Waals surface area contributed by atoms with Crippen LogP contribution in [0.15, 0.2) is 47.6 Å². The van der Waals surface area contributed by atoms with Gasteiger partial charge in [-0.25, -0.2) is 8.42 Å². The van der Waals surface area contributed by atoms with Gasteiger partial charge in [-0.3, -0.25) is 14.4 Å². The minimum absolute atomic E-state index is 0.0380. The van der Waals surface area contributed by atoms with Crippen LogP contribution in [0.4, 0.5) is 0 Å². The van der Waals surface area contributed by atoms with E-state index in [2.05, 4.69) is 5.10 Å². The van der Waals surface area contributed by atoms with Crippen molar-refractivity contribution in [3.05, 3.63) is 48.3 Å². The molecule has 0 aliphatic carbocycles. The van der Waals surface area contributed by atoms with E-state index in [9.17, 15) is 13.2 Å². The Labute approximate surface area is 159 Å². The zero-order chi connectivity index (χ0) is 19.4. The summed E-state index contributed by atoms with van der Waals surface area (Å²) >= 11 is 0. The molecule has 2 aromatic rings. The number of hydrogen-bond acceptors (Lipinski definition) is 5. The van der Waals surface area contributed by atoms with Crippen molar-refractivity contribution >= 4 is 16.0 Å². The molecule has 1 saturated heterocycles. The SMILES string of the molecule is CN(CC(=O)O)C1CCN(S(=O)(=O)c2cnn(Cc3ccccc3)c2)CC1. The molecule has 2 heterocycles. The quantitative estimate of drug-likeness (QED) is 0.758. The molecule has 1 N–H and O–H groups in total. The monoisotopic (exact) mass is 392 g/mol. The first-order valence-corrected chi connectivity index (χ1v) is 10.3. The van der Waals surface area contributed by atoms with Crippen LogP contribution in [0, 0.1) is 0 Å². The van der Waals surface area contributed by atoms with Crippen LogP contribution in [0.5, 0.6) is 0 Å². The Morgan fingerprint density at radius 3 is 2.56 bits per heavy atom. The molecule has 8 nitrogen and oxygen atoms in total. The lowest BCUT2D eigenvalue weighted by atomic mass is 10.1. The van der Waals surface area contributed by atoms with Crippen molar-refractivity contribution in [3.63, 3.8) is 0 Å². The van der Waals surface area contributed by atoms with Gasteiger partial charge in [0.15, 0.2) is 0 Å². The summed E-state index contributed by atoms with van der Waals surface area (Å²) in [6.07, 6.45) is 4.17. The van der Waals surface area contributed by atoms with Crippen molar-refractivity contribution in [2.24, 2.45) is 0 Å². The maximum Gasteiger partial charge on any atom is 0.317 e. The van der Waals surface area contributed by atoms with Gasteiger partial charge in [0.25, 0.3) is 0 Å². The Kier molecular flexibility index (Phi) is 5.93. The van der Waals surface area contributed by atoms with Crippen molar-refractivity contribution in [1.82, 2.24) is 19.0 Å². The van der Waals surface area contributed by atoms with E-state index in [4.69, 9.17) is 5.11 Å². The number of carboxylic acid groups (broad SMARTS) is 1. The molecular formula is C18H24N4O4S. The number of aliphatic carboxylic acids is 1. The number of hydrogen-bond donors (Lipinski definition) is 1. The summed E-state index contributed by atoms with van der Waals surface area (Å²) in [4.78, 5) is 12.8. The van der Waals surface area contributed by atoms with E-state index in [1.165, 1.54) is 10.5 Å². The molecule has 0 bridgehead atoms. The molecule has 0 saturated carbocycles. The molecule has 0 atom stereocenters. The van der Waals surface area contributed by atoms with Gasteiger partial charge in [0.05, 0.1) is 19.3 Å². The third-order valence-corrected chi connectivity index (χ3v) is 6.72. The minimum Gasteiger partial charge on any atom is -0.480 e. The lowest BCUT2D eigenvalue weighted by molar-refractivity contribution is -0.138. The lowest BCUT2D eigenvalue weighted by Gasteiger charge is -2.35. The van der Waals surface area contributed by atoms with E-state index in [-0.39, 0.29) is 17.5 Å². The number of piperidine rings is 1. The third-order valence-electron chi connectivity index (χ3n) is 4.87. The molecule has 1 aliphatic heterocycles. The first-order chi connectivity index (χ1) is 12.9. The molecule has 3 rings (SSSR count). The highest BCUT2D eigenvalue weighted by atomic mass is 32.2. The Bertz CT molecular complexity index is 874. The van der Waals surface area contributed by atoms with Gasteiger partial charge >= 0.3 is 5.97 Å². The average molecular weight is 392 g/mol. The van der Waals surface area contributed by atoms with Crippen LogP contribution in [-0.2, 0) is 21.4 Å². The van der Waals surface area contributed by atoms with Crippen molar-refractivity contribution in [2.45, 2.75) is 30.3 Å². The highest BCUT2D eigenvalue weighted by molar-refractivity contribution is 7.89. The smallest absolute Gasteiger partial charge is 0.317 e. The van der Waals surface area contributed by atoms with E-state index < -0.39 is 16.0 Å². The second-order valence-corrected chi connectivity index (χ2v) is 8.74. The molecule has 146 valence electrons. The van der Waals surface area contributed by atoms with Gasteiger partial charge in [-0.15, -0.1) is 0 Å². The summed E-state index contributed by atoms with van der Waals surface area (Å²) in [7, 11) is -1.83. The highest BCUT2D eigenvalue weighted by Gasteiger charge is 2.32. The molecule has 9 heteroatoms. The van der Waals surface area contributed by atoms with Gasteiger partial charge in [-0.2, -0.15) is 9.40 Å². The van der Waals surface area contributed by atoms with Crippen LogP contribution in [-0.4, -0.2) is 71.2 Å². The van der Waals surface area contributed by atoms with Crippen molar-refractivity contribution in [1.29, 1.82) is 0 Å². The molecule has 1 aromatic carbocycles. The van der Waals surface area contributed by atoms with E-state index >= 15 is 0 Å². The second-order valence-electron chi connectivity index (χ2n) is 6.80. The number of benzene rings is 1. The number of sulfonamides is 1. The van der Waals surface area contributed by atoms with Crippen LogP contribution in [0.2, 0.25) is 0 Å². The summed E-state index contributed by atoms with van der Waals surface area (Å²) in [5.41, 5.74) is 1.05. The van der Waals surface area contributed by atoms with Crippen LogP contribution in [0.1, 0.15) is 18.4 Å². The van der Waals surface area contributed by atoms with Gasteiger partial charge in [-0.05, 0) is 25.5 Å². The Balaban J connectivity index is 1.63. The van der Waals surface area contributed by atoms with E-state index in [0.29, 0.717) is 32.5 Å². The first-order valence-electron chi connectivity index (χ1n) is 8.85. The molecule has 1 aromatic heterocycles. The number of aromatic nitrogens is 2. The van der Waals surface area contributed by atoms with Crippen molar-refractivity contribution < 1.29 is 18.3 Å². The standard InChI is InChI=1S/C18H24N4O4S/c1-20(14-18(23)24)16-7-9-22(10-8-16)27(25,26)17-11-19-21(13-17)12-15-5-3-2-4-6-15/h2-6,11,13,16H,7-10,12,14H2,1H3,(H,23,24). The molecule has 0 spiro atoms. The fourth-order valence-corrected chi connectivity index (χ4v) is 4.77. The van der Waals surface area contributed by atoms with Gasteiger partial charge in [-0.1, -0.05) is 30.3 Å². The highest BCUT2D eigenvalue weighted by Crippen LogP contribution is 2.22. The van der Waals surface area contributed by atoms with E-state index in [1.807, 2.05) is 30.3 Å². The van der Waals surface area contributed by atoms with Crippen LogP contribution in [0.25, 0.3) is 0 Å². The zero-order valence-corrected chi connectivity index (χ0v) is 16.0. The molecule has 1 aliphatic rings. The first kappa shape index (κ1) is 19.5. The summed E-state index contributed by atoms with van der Waals surface area (Å²) in [5.74, 6) is -0.876. The molecular weight excluding hydrogens is 368 g/mol. The van der Waals surface area contributed by atoms with E-state index in [0.717, 1.165) is 5.56 Å². The fourth-order valence-electron chi connectivity index (χ4n) is 3.35. The normalized spacial score (nSPS) is 16.7. The zero-order valence-electron chi connectivity index (χ0n) is 15.2. The predicted octanol–water partition coefficient (Wildman–Crippen LogP) is 1.10. The number of nitrogens with zero attached hydrogens (tertiary/aromatic N) is 4. The third kappa shape index (κ3) is 4.74. The minimum atomic E-state index is -3.59. The summed E-state index contributed by atoms with van der Waals surface area (Å²) in [6.45, 7) is 1.23. The number of likely N-dealkylation sites (N-methyl/N-ethyl adjacent to an activating group) is 1. The average Bonchev–Trinajstić information content (AvgIpc) is 3.11. The molecule has 0 radical (unpaired) electrons. The molecule has 1 fully saturated rings. The van der Waals surface area contributed by atoms with Crippen LogP contribution < -0.4 is 0 Å². The molecule has 0 amide bonds. The Morgan fingerprint density at radius 2 is 1.93 bits per heavy atom. The van der Waals surface area contributed by atoms with Crippen molar-refractivity contribution in [2.75, 3.05) is 26.7 Å². The maximum absolute atomic E-state index is 12.9. The largest absolute Gasteiger partial charge is 0.480 e. The van der Waals surface area contributed by atoms with Gasteiger partial charge < -0.3 is 5.11 Å². The molecule has 0 unspecified atom stereocenters. The van der Waals surface area contributed by atoms with Gasteiger partial charge in [0.2, 0.25) is 10.0 Å². The Hall–Kier alpha value is -2.23. The van der Waals surface area contributed by atoms with E-state index in [1.54, 1.807) is 22.8 Å². The summed E-state index contributed by atoms with van der Waals surface area (Å²) in [6, 6.07) is 9.81. The number of carboxylic acids is 1. The maximum atomic E-state index is 12.9. The van der Waals surface area contributed by atoms with Gasteiger partial charge in [0.1, 0.15) is 4.90 Å². The van der Waals surface area contributed by atoms with Crippen LogP contribution >= 0.6 is 0 Å². The summed E-state index contributed by atoms with van der Waals surface area (Å²) in [5, 5.41) is 13.1. The lowest BCUT2D eigenvalue weighted by Crippen LogP contribution is -2.46. The Morgan fingerprint density at radius 1 is 1.26 bits per heavy atom. The fraction of sp³-hybridized carbons (Fsp3) is 0.444. The van der Waals surface area contributed by atoms with Crippen molar-refractivity contribution in [3.8, 4) is 0 Å². The predicted molar refractivity (Wildman–Crippen MR) is 99.8 cm³/mol. The number of carbonyl (C=O) groups is 1. The topological polar surface area (TPSA) is 95.7 Å².